The predicted molar refractivity (Wildman–Crippen MR) is 27.5 cm³/mol. The quantitative estimate of drug-likeness (QED) is 0.300. The second-order valence-electron chi connectivity index (χ2n) is 1.26. The molecule has 0 amide bonds. The van der Waals surface area contributed by atoms with E-state index in [0.717, 1.165) is 0 Å². The zero-order valence-electron chi connectivity index (χ0n) is 4.11. The van der Waals surface area contributed by atoms with Crippen LogP contribution < -0.4 is 0 Å². The highest BCUT2D eigenvalue weighted by molar-refractivity contribution is 5.70. The molecule has 0 aliphatic heterocycles. The fraction of sp³-hybridized carbons (Fsp3) is 0. The second kappa shape index (κ2) is 2.09. The molecule has 1 aromatic rings. The molecule has 8 heavy (non-hydrogen) atoms. The molecule has 0 atom stereocenters. The fourth-order valence-corrected chi connectivity index (χ4v) is 0.422. The van der Waals surface area contributed by atoms with Crippen molar-refractivity contribution in [1.29, 1.82) is 0 Å². The molecule has 0 aromatic carbocycles. The first-order valence-corrected chi connectivity index (χ1v) is 2.14. The summed E-state index contributed by atoms with van der Waals surface area (Å²) in [5.74, 6) is 0.549. The van der Waals surface area contributed by atoms with Crippen LogP contribution in [0.4, 0.5) is 0 Å². The summed E-state index contributed by atoms with van der Waals surface area (Å²) in [4.78, 5) is 2.76. The van der Waals surface area contributed by atoms with Gasteiger partial charge in [0.1, 0.15) is 0 Å². The van der Waals surface area contributed by atoms with Crippen LogP contribution in [0.15, 0.2) is 22.8 Å². The normalized spacial score (nSPS) is 8.00. The molecule has 0 unspecified atom stereocenters. The lowest BCUT2D eigenvalue weighted by Gasteiger charge is -1.66. The maximum absolute atomic E-state index is 7.95. The zero-order chi connectivity index (χ0) is 5.82. The number of hydrogen-bond donors (Lipinski definition) is 0. The van der Waals surface area contributed by atoms with Crippen molar-refractivity contribution in [2.45, 2.75) is 0 Å². The molecule has 3 nitrogen and oxygen atoms in total. The van der Waals surface area contributed by atoms with E-state index in [1.165, 1.54) is 12.5 Å². The number of rotatable bonds is 1. The van der Waals surface area contributed by atoms with E-state index in [1.807, 2.05) is 0 Å². The smallest absolute Gasteiger partial charge is 0.322 e. The average molecular weight is 108 g/mol. The topological polar surface area (TPSA) is 49.5 Å². The van der Waals surface area contributed by atoms with Gasteiger partial charge in [0.15, 0.2) is 0 Å². The van der Waals surface area contributed by atoms with E-state index in [0.29, 0.717) is 5.76 Å². The maximum Gasteiger partial charge on any atom is 0.322 e. The van der Waals surface area contributed by atoms with Gasteiger partial charge in [0.05, 0.1) is 6.26 Å². The minimum absolute atomic E-state index is 0.549. The van der Waals surface area contributed by atoms with Crippen LogP contribution >= 0.6 is 0 Å². The minimum atomic E-state index is 0.549. The summed E-state index contributed by atoms with van der Waals surface area (Å²) in [6.07, 6.45) is 2.73. The van der Waals surface area contributed by atoms with Gasteiger partial charge in [-0.3, -0.25) is 0 Å². The predicted octanol–water partition coefficient (Wildman–Crippen LogP) is 0.928. The first-order chi connectivity index (χ1) is 3.93. The molecule has 0 saturated carbocycles. The Bertz CT molecular complexity index is 196. The van der Waals surface area contributed by atoms with Gasteiger partial charge in [-0.1, -0.05) is 0 Å². The fourth-order valence-electron chi connectivity index (χ4n) is 0.422. The molecule has 1 aromatic heterocycles. The van der Waals surface area contributed by atoms with E-state index in [-0.39, 0.29) is 0 Å². The van der Waals surface area contributed by atoms with Gasteiger partial charge < -0.3 is 9.95 Å². The Morgan fingerprint density at radius 2 is 2.62 bits per heavy atom. The summed E-state index contributed by atoms with van der Waals surface area (Å²) < 4.78 is 4.76. The molecule has 1 rings (SSSR count). The van der Waals surface area contributed by atoms with Crippen molar-refractivity contribution < 1.29 is 9.21 Å². The number of hydrogen-bond acceptors (Lipinski definition) is 1. The standard InChI is InChI=1S/C5H4N2O/c6-7-4-5-2-1-3-8-5/h1-4H. The Hall–Kier alpha value is -1.34. The molecule has 0 radical (unpaired) electrons. The lowest BCUT2D eigenvalue weighted by atomic mass is 10.5. The van der Waals surface area contributed by atoms with Gasteiger partial charge in [-0.2, -0.15) is 4.79 Å². The van der Waals surface area contributed by atoms with Gasteiger partial charge in [0, 0.05) is 0 Å². The van der Waals surface area contributed by atoms with Crippen LogP contribution in [0.2, 0.25) is 0 Å². The molecular formula is C5H4N2O. The van der Waals surface area contributed by atoms with Crippen molar-refractivity contribution in [3.63, 3.8) is 0 Å². The first-order valence-electron chi connectivity index (χ1n) is 2.14. The Morgan fingerprint density at radius 1 is 1.75 bits per heavy atom. The minimum Gasteiger partial charge on any atom is -0.457 e. The summed E-state index contributed by atoms with van der Waals surface area (Å²) in [6.45, 7) is 0. The molecule has 1 heterocycles. The SMILES string of the molecule is [N-]=[N+]=Cc1ccco1. The lowest BCUT2D eigenvalue weighted by molar-refractivity contribution is 0.00307. The average Bonchev–Trinajstić information content (AvgIpc) is 2.19. The van der Waals surface area contributed by atoms with E-state index in [2.05, 4.69) is 4.79 Å². The van der Waals surface area contributed by atoms with Gasteiger partial charge in [-0.25, -0.2) is 0 Å². The van der Waals surface area contributed by atoms with Crippen molar-refractivity contribution >= 4 is 6.21 Å². The molecular weight excluding hydrogens is 104 g/mol. The molecule has 0 aliphatic carbocycles. The van der Waals surface area contributed by atoms with Gasteiger partial charge in [-0.15, -0.1) is 0 Å². The summed E-state index contributed by atoms with van der Waals surface area (Å²) >= 11 is 0. The summed E-state index contributed by atoms with van der Waals surface area (Å²) in [6, 6.07) is 3.41. The second-order valence-corrected chi connectivity index (χ2v) is 1.26. The maximum atomic E-state index is 7.95. The molecule has 0 spiro atoms. The third-order valence-corrected chi connectivity index (χ3v) is 0.728. The molecule has 0 bridgehead atoms. The van der Waals surface area contributed by atoms with Crippen molar-refractivity contribution in [2.75, 3.05) is 0 Å². The van der Waals surface area contributed by atoms with E-state index in [4.69, 9.17) is 9.95 Å². The van der Waals surface area contributed by atoms with Crippen molar-refractivity contribution in [2.24, 2.45) is 0 Å². The van der Waals surface area contributed by atoms with Crippen LogP contribution in [-0.2, 0) is 0 Å². The first kappa shape index (κ1) is 4.81. The highest BCUT2D eigenvalue weighted by atomic mass is 16.3. The Labute approximate surface area is 46.2 Å². The Kier molecular flexibility index (Phi) is 1.26. The summed E-state index contributed by atoms with van der Waals surface area (Å²) in [7, 11) is 0. The molecule has 40 valence electrons. The van der Waals surface area contributed by atoms with E-state index in [9.17, 15) is 0 Å². The monoisotopic (exact) mass is 108 g/mol. The van der Waals surface area contributed by atoms with Gasteiger partial charge in [-0.05, 0) is 12.1 Å². The van der Waals surface area contributed by atoms with Gasteiger partial charge >= 0.3 is 6.21 Å². The van der Waals surface area contributed by atoms with Gasteiger partial charge in [0.25, 0.3) is 0 Å². The zero-order valence-corrected chi connectivity index (χ0v) is 4.11. The van der Waals surface area contributed by atoms with E-state index in [1.54, 1.807) is 12.1 Å². The van der Waals surface area contributed by atoms with E-state index >= 15 is 0 Å². The van der Waals surface area contributed by atoms with Crippen LogP contribution in [-0.4, -0.2) is 11.0 Å². The van der Waals surface area contributed by atoms with Crippen LogP contribution in [0.25, 0.3) is 5.53 Å². The van der Waals surface area contributed by atoms with Crippen LogP contribution in [0.3, 0.4) is 0 Å². The van der Waals surface area contributed by atoms with Crippen LogP contribution in [0.5, 0.6) is 0 Å². The van der Waals surface area contributed by atoms with Crippen molar-refractivity contribution in [3.05, 3.63) is 29.7 Å². The summed E-state index contributed by atoms with van der Waals surface area (Å²) in [5.41, 5.74) is 7.95. The third-order valence-electron chi connectivity index (χ3n) is 0.728. The van der Waals surface area contributed by atoms with Gasteiger partial charge in [0.2, 0.25) is 5.76 Å². The van der Waals surface area contributed by atoms with Crippen LogP contribution in [0, 0.1) is 0 Å². The summed E-state index contributed by atoms with van der Waals surface area (Å²) in [5, 5.41) is 0. The Morgan fingerprint density at radius 3 is 3.12 bits per heavy atom. The molecule has 0 fully saturated rings. The third kappa shape index (κ3) is 0.832. The largest absolute Gasteiger partial charge is 0.457 e. The highest BCUT2D eigenvalue weighted by Crippen LogP contribution is 1.92. The molecule has 0 N–H and O–H groups in total. The van der Waals surface area contributed by atoms with Crippen molar-refractivity contribution in [3.8, 4) is 0 Å². The van der Waals surface area contributed by atoms with E-state index < -0.39 is 0 Å². The molecule has 0 aliphatic rings. The molecule has 0 saturated heterocycles. The lowest BCUT2D eigenvalue weighted by Crippen LogP contribution is -1.71. The highest BCUT2D eigenvalue weighted by Gasteiger charge is 1.89. The molecule has 3 heteroatoms. The van der Waals surface area contributed by atoms with Crippen molar-refractivity contribution in [1.82, 2.24) is 0 Å². The van der Waals surface area contributed by atoms with Crippen LogP contribution in [0.1, 0.15) is 5.76 Å². The Balaban J connectivity index is 2.93. The number of furan rings is 1. The number of nitrogens with zero attached hydrogens (tertiary/aromatic N) is 2.